The maximum Gasteiger partial charge on any atom is 0.371 e. The van der Waals surface area contributed by atoms with E-state index in [1.54, 1.807) is 19.4 Å². The number of aliphatic hydroxyl groups excluding tert-OH is 1. The van der Waals surface area contributed by atoms with Gasteiger partial charge in [0.25, 0.3) is 0 Å². The molecule has 0 saturated carbocycles. The Bertz CT molecular complexity index is 712. The summed E-state index contributed by atoms with van der Waals surface area (Å²) < 4.78 is 5.08. The predicted molar refractivity (Wildman–Crippen MR) is 79.3 cm³/mol. The lowest BCUT2D eigenvalue weighted by atomic mass is 10.0. The highest BCUT2D eigenvalue weighted by Crippen LogP contribution is 2.17. The molecule has 0 unspecified atom stereocenters. The van der Waals surface area contributed by atoms with Crippen molar-refractivity contribution >= 4 is 11.8 Å². The van der Waals surface area contributed by atoms with E-state index in [4.69, 9.17) is 14.9 Å². The van der Waals surface area contributed by atoms with Gasteiger partial charge in [-0.3, -0.25) is 4.79 Å². The molecule has 0 aliphatic heterocycles. The molecule has 2 aromatic rings. The number of ether oxygens (including phenoxy) is 1. The number of ketones is 1. The number of hydrogen-bond acceptors (Lipinski definition) is 4. The second-order valence-corrected chi connectivity index (χ2v) is 4.59. The van der Waals surface area contributed by atoms with Crippen LogP contribution in [0.2, 0.25) is 0 Å². The normalized spacial score (nSPS) is 11.2. The number of aliphatic hydroxyl groups is 1. The number of aliphatic carboxylic acids is 1. The molecule has 0 radical (unpaired) electrons. The first kappa shape index (κ1) is 15.4. The zero-order valence-corrected chi connectivity index (χ0v) is 11.9. The number of aromatic amines is 1. The molecule has 0 bridgehead atoms. The SMILES string of the molecule is COc1ccc(Cc2[nH]ccc2C(=O)/C=C(\O)C(=O)O)cc1. The molecule has 3 N–H and O–H groups in total. The lowest BCUT2D eigenvalue weighted by Crippen LogP contribution is -2.05. The van der Waals surface area contributed by atoms with Gasteiger partial charge in [0.2, 0.25) is 5.76 Å². The first-order chi connectivity index (χ1) is 10.5. The summed E-state index contributed by atoms with van der Waals surface area (Å²) in [6.45, 7) is 0. The molecule has 114 valence electrons. The monoisotopic (exact) mass is 301 g/mol. The number of carbonyl (C=O) groups is 2. The number of hydrogen-bond donors (Lipinski definition) is 3. The molecule has 2 rings (SSSR count). The molecule has 1 aromatic heterocycles. The minimum absolute atomic E-state index is 0.323. The van der Waals surface area contributed by atoms with Crippen LogP contribution in [0.4, 0.5) is 0 Å². The van der Waals surface area contributed by atoms with Gasteiger partial charge in [-0.2, -0.15) is 0 Å². The van der Waals surface area contributed by atoms with Gasteiger partial charge in [0.05, 0.1) is 7.11 Å². The minimum Gasteiger partial charge on any atom is -0.502 e. The summed E-state index contributed by atoms with van der Waals surface area (Å²) in [4.78, 5) is 25.5. The highest BCUT2D eigenvalue weighted by atomic mass is 16.5. The second kappa shape index (κ2) is 6.62. The van der Waals surface area contributed by atoms with Crippen LogP contribution in [0.5, 0.6) is 5.75 Å². The molecule has 6 nitrogen and oxygen atoms in total. The van der Waals surface area contributed by atoms with Crippen molar-refractivity contribution in [2.75, 3.05) is 7.11 Å². The van der Waals surface area contributed by atoms with E-state index in [0.717, 1.165) is 11.3 Å². The topological polar surface area (TPSA) is 99.6 Å². The number of carboxylic acids is 1. The summed E-state index contributed by atoms with van der Waals surface area (Å²) in [5.41, 5.74) is 1.93. The van der Waals surface area contributed by atoms with Gasteiger partial charge in [-0.05, 0) is 23.8 Å². The number of allylic oxidation sites excluding steroid dienone is 1. The molecule has 1 aromatic carbocycles. The van der Waals surface area contributed by atoms with Gasteiger partial charge in [0.15, 0.2) is 5.78 Å². The Kier molecular flexibility index (Phi) is 4.63. The molecule has 0 amide bonds. The van der Waals surface area contributed by atoms with Crippen molar-refractivity contribution in [3.05, 3.63) is 65.2 Å². The molecule has 0 aliphatic carbocycles. The Labute approximate surface area is 126 Å². The van der Waals surface area contributed by atoms with Gasteiger partial charge in [-0.25, -0.2) is 4.79 Å². The average Bonchev–Trinajstić information content (AvgIpc) is 2.96. The number of benzene rings is 1. The third-order valence-electron chi connectivity index (χ3n) is 3.13. The summed E-state index contributed by atoms with van der Waals surface area (Å²) in [6.07, 6.45) is 2.76. The number of H-pyrrole nitrogens is 1. The van der Waals surface area contributed by atoms with E-state index in [1.165, 1.54) is 0 Å². The van der Waals surface area contributed by atoms with E-state index in [-0.39, 0.29) is 0 Å². The smallest absolute Gasteiger partial charge is 0.371 e. The Hall–Kier alpha value is -3.02. The average molecular weight is 301 g/mol. The summed E-state index contributed by atoms with van der Waals surface area (Å²) in [6, 6.07) is 8.93. The van der Waals surface area contributed by atoms with Crippen molar-refractivity contribution in [2.24, 2.45) is 0 Å². The van der Waals surface area contributed by atoms with Crippen LogP contribution in [0.25, 0.3) is 0 Å². The highest BCUT2D eigenvalue weighted by molar-refractivity contribution is 6.08. The van der Waals surface area contributed by atoms with Crippen molar-refractivity contribution in [2.45, 2.75) is 6.42 Å². The largest absolute Gasteiger partial charge is 0.502 e. The van der Waals surface area contributed by atoms with Crippen LogP contribution in [0, 0.1) is 0 Å². The van der Waals surface area contributed by atoms with Crippen molar-refractivity contribution in [3.63, 3.8) is 0 Å². The van der Waals surface area contributed by atoms with Gasteiger partial charge >= 0.3 is 5.97 Å². The van der Waals surface area contributed by atoms with E-state index < -0.39 is 17.5 Å². The van der Waals surface area contributed by atoms with Crippen LogP contribution in [0.3, 0.4) is 0 Å². The molecular formula is C16H15NO5. The molecule has 0 aliphatic rings. The van der Waals surface area contributed by atoms with E-state index >= 15 is 0 Å². The van der Waals surface area contributed by atoms with Crippen molar-refractivity contribution < 1.29 is 24.5 Å². The summed E-state index contributed by atoms with van der Waals surface area (Å²) in [5, 5.41) is 17.7. The quantitative estimate of drug-likeness (QED) is 0.432. The Morgan fingerprint density at radius 3 is 2.45 bits per heavy atom. The summed E-state index contributed by atoms with van der Waals surface area (Å²) in [5.74, 6) is -2.35. The van der Waals surface area contributed by atoms with Gasteiger partial charge < -0.3 is 19.9 Å². The van der Waals surface area contributed by atoms with E-state index in [9.17, 15) is 9.59 Å². The lowest BCUT2D eigenvalue weighted by molar-refractivity contribution is -0.135. The number of carbonyl (C=O) groups excluding carboxylic acids is 1. The number of nitrogens with one attached hydrogen (secondary N) is 1. The third-order valence-corrected chi connectivity index (χ3v) is 3.13. The van der Waals surface area contributed by atoms with Gasteiger partial charge in [-0.1, -0.05) is 12.1 Å². The molecule has 0 spiro atoms. The predicted octanol–water partition coefficient (Wildman–Crippen LogP) is 2.32. The second-order valence-electron chi connectivity index (χ2n) is 4.59. The molecule has 1 heterocycles. The zero-order chi connectivity index (χ0) is 16.1. The van der Waals surface area contributed by atoms with Gasteiger partial charge in [0.1, 0.15) is 5.75 Å². The van der Waals surface area contributed by atoms with Gasteiger partial charge in [-0.15, -0.1) is 0 Å². The first-order valence-electron chi connectivity index (χ1n) is 6.48. The number of carboxylic acid groups (broad SMARTS) is 1. The summed E-state index contributed by atoms with van der Waals surface area (Å²) >= 11 is 0. The third kappa shape index (κ3) is 3.54. The van der Waals surface area contributed by atoms with Crippen LogP contribution in [-0.4, -0.2) is 34.1 Å². The fourth-order valence-corrected chi connectivity index (χ4v) is 1.99. The Morgan fingerprint density at radius 1 is 1.18 bits per heavy atom. The number of aromatic nitrogens is 1. The number of rotatable bonds is 6. The molecule has 22 heavy (non-hydrogen) atoms. The number of methoxy groups -OCH3 is 1. The lowest BCUT2D eigenvalue weighted by Gasteiger charge is -2.04. The van der Waals surface area contributed by atoms with Crippen molar-refractivity contribution in [1.29, 1.82) is 0 Å². The van der Waals surface area contributed by atoms with Crippen LogP contribution >= 0.6 is 0 Å². The van der Waals surface area contributed by atoms with Gasteiger partial charge in [0, 0.05) is 30.0 Å². The molecule has 0 saturated heterocycles. The van der Waals surface area contributed by atoms with Crippen LogP contribution < -0.4 is 4.74 Å². The minimum atomic E-state index is -1.54. The Balaban J connectivity index is 2.20. The van der Waals surface area contributed by atoms with Crippen LogP contribution in [0.15, 0.2) is 48.4 Å². The maximum atomic E-state index is 12.0. The van der Waals surface area contributed by atoms with Crippen LogP contribution in [0.1, 0.15) is 21.6 Å². The fraction of sp³-hybridized carbons (Fsp3) is 0.125. The molecule has 6 heteroatoms. The highest BCUT2D eigenvalue weighted by Gasteiger charge is 2.14. The first-order valence-corrected chi connectivity index (χ1v) is 6.48. The molecule has 0 fully saturated rings. The standard InChI is InChI=1S/C16H15NO5/c1-22-11-4-2-10(3-5-11)8-13-12(6-7-17-13)14(18)9-15(19)16(20)21/h2-7,9,17,19H,8H2,1H3,(H,20,21)/b15-9-. The van der Waals surface area contributed by atoms with E-state index in [1.807, 2.05) is 24.3 Å². The van der Waals surface area contributed by atoms with Crippen LogP contribution in [-0.2, 0) is 11.2 Å². The Morgan fingerprint density at radius 2 is 1.86 bits per heavy atom. The zero-order valence-electron chi connectivity index (χ0n) is 11.9. The molecular weight excluding hydrogens is 286 g/mol. The van der Waals surface area contributed by atoms with E-state index in [0.29, 0.717) is 23.8 Å². The van der Waals surface area contributed by atoms with E-state index in [2.05, 4.69) is 4.98 Å². The maximum absolute atomic E-state index is 12.0. The summed E-state index contributed by atoms with van der Waals surface area (Å²) in [7, 11) is 1.58. The van der Waals surface area contributed by atoms with Crippen molar-refractivity contribution in [3.8, 4) is 5.75 Å². The van der Waals surface area contributed by atoms with Crippen molar-refractivity contribution in [1.82, 2.24) is 4.98 Å². The fourth-order valence-electron chi connectivity index (χ4n) is 1.99. The molecule has 0 atom stereocenters.